The van der Waals surface area contributed by atoms with Gasteiger partial charge in [-0.3, -0.25) is 14.5 Å². The number of quaternary nitrogens is 1. The number of benzene rings is 1. The normalized spacial score (nSPS) is 23.5. The van der Waals surface area contributed by atoms with Gasteiger partial charge in [-0.25, -0.2) is 0 Å². The molecule has 1 N–H and O–H groups in total. The highest BCUT2D eigenvalue weighted by molar-refractivity contribution is 6.42. The molecule has 1 aromatic rings. The topological polar surface area (TPSA) is 45.1 Å². The van der Waals surface area contributed by atoms with Crippen LogP contribution < -0.4 is 9.80 Å². The summed E-state index contributed by atoms with van der Waals surface area (Å²) in [6, 6.07) is 5.41. The Morgan fingerprint density at radius 3 is 2.36 bits per heavy atom. The number of nitrogens with zero attached hydrogens (tertiary/aromatic N) is 2. The Labute approximate surface area is 139 Å². The molecule has 0 radical (unpaired) electrons. The van der Waals surface area contributed by atoms with Crippen LogP contribution in [0.2, 0.25) is 10.0 Å². The minimum atomic E-state index is -0.214. The number of amides is 2. The van der Waals surface area contributed by atoms with Crippen molar-refractivity contribution in [3.05, 3.63) is 28.2 Å². The van der Waals surface area contributed by atoms with Crippen molar-refractivity contribution in [1.29, 1.82) is 0 Å². The number of halogens is 2. The first-order valence-electron chi connectivity index (χ1n) is 7.32. The number of likely N-dealkylation sites (N-methyl/N-ethyl adjacent to an activating group) is 1. The van der Waals surface area contributed by atoms with Crippen LogP contribution in [0, 0.1) is 0 Å². The molecule has 3 rings (SSSR count). The van der Waals surface area contributed by atoms with Crippen molar-refractivity contribution in [1.82, 2.24) is 4.90 Å². The number of hydrogen-bond donors (Lipinski definition) is 1. The fourth-order valence-electron chi connectivity index (χ4n) is 3.16. The van der Waals surface area contributed by atoms with Crippen LogP contribution in [0.1, 0.15) is 6.42 Å². The maximum Gasteiger partial charge on any atom is 0.287 e. The van der Waals surface area contributed by atoms with Gasteiger partial charge >= 0.3 is 0 Å². The molecule has 2 amide bonds. The molecule has 2 aliphatic heterocycles. The average Bonchev–Trinajstić information content (AvgIpc) is 2.78. The van der Waals surface area contributed by atoms with Gasteiger partial charge in [-0.2, -0.15) is 0 Å². The van der Waals surface area contributed by atoms with Crippen LogP contribution in [0.4, 0.5) is 5.69 Å². The van der Waals surface area contributed by atoms with Gasteiger partial charge in [-0.05, 0) is 18.2 Å². The first kappa shape index (κ1) is 15.6. The van der Waals surface area contributed by atoms with Crippen LogP contribution in [0.3, 0.4) is 0 Å². The molecule has 0 aromatic heterocycles. The van der Waals surface area contributed by atoms with Crippen molar-refractivity contribution in [3.63, 3.8) is 0 Å². The van der Waals surface area contributed by atoms with Crippen LogP contribution >= 0.6 is 23.2 Å². The van der Waals surface area contributed by atoms with E-state index >= 15 is 0 Å². The van der Waals surface area contributed by atoms with E-state index in [-0.39, 0.29) is 17.9 Å². The van der Waals surface area contributed by atoms with Gasteiger partial charge in [0.15, 0.2) is 6.04 Å². The number of nitrogens with one attached hydrogen (secondary N) is 1. The summed E-state index contributed by atoms with van der Waals surface area (Å²) in [5.41, 5.74) is 1.04. The second kappa shape index (κ2) is 6.07. The molecular formula is C15H18Cl2N3O2+. The number of carbonyl (C=O) groups is 2. The molecular weight excluding hydrogens is 325 g/mol. The van der Waals surface area contributed by atoms with Crippen LogP contribution in [-0.2, 0) is 9.59 Å². The summed E-state index contributed by atoms with van der Waals surface area (Å²) in [5, 5.41) is 1.10. The van der Waals surface area contributed by atoms with Crippen molar-refractivity contribution in [2.75, 3.05) is 38.1 Å². The Kier molecular flexibility index (Phi) is 4.30. The summed E-state index contributed by atoms with van der Waals surface area (Å²) in [6.07, 6.45) is 0.331. The summed E-state index contributed by atoms with van der Waals surface area (Å²) < 4.78 is 0. The summed E-state index contributed by atoms with van der Waals surface area (Å²) in [7, 11) is 1.57. The second-order valence-corrected chi connectivity index (χ2v) is 6.61. The van der Waals surface area contributed by atoms with Gasteiger partial charge < -0.3 is 9.80 Å². The Bertz CT molecular complexity index is 615. The standard InChI is InChI=1S/C15H17Cl2N3O2/c1-18-14(21)9-13(15(18)22)20-6-4-19(5-7-20)10-2-3-11(16)12(17)8-10/h2-3,8,13H,4-7,9H2,1H3/p+1/t13-/m1/s1. The van der Waals surface area contributed by atoms with E-state index in [9.17, 15) is 9.59 Å². The van der Waals surface area contributed by atoms with E-state index in [1.807, 2.05) is 12.1 Å². The zero-order chi connectivity index (χ0) is 15.9. The zero-order valence-corrected chi connectivity index (χ0v) is 13.8. The number of likely N-dealkylation sites (tertiary alicyclic amines) is 1. The molecule has 0 unspecified atom stereocenters. The highest BCUT2D eigenvalue weighted by Gasteiger charge is 2.43. The third-order valence-electron chi connectivity index (χ3n) is 4.55. The van der Waals surface area contributed by atoms with E-state index in [2.05, 4.69) is 4.90 Å². The van der Waals surface area contributed by atoms with Gasteiger partial charge in [0.25, 0.3) is 5.91 Å². The van der Waals surface area contributed by atoms with E-state index in [0.29, 0.717) is 16.5 Å². The molecule has 2 heterocycles. The number of carbonyl (C=O) groups excluding carboxylic acids is 2. The average molecular weight is 343 g/mol. The van der Waals surface area contributed by atoms with Crippen LogP contribution in [0.25, 0.3) is 0 Å². The minimum Gasteiger partial charge on any atom is -0.360 e. The van der Waals surface area contributed by atoms with Crippen molar-refractivity contribution < 1.29 is 14.5 Å². The molecule has 0 aliphatic carbocycles. The number of piperazine rings is 1. The molecule has 22 heavy (non-hydrogen) atoms. The molecule has 1 atom stereocenters. The minimum absolute atomic E-state index is 0.0528. The third-order valence-corrected chi connectivity index (χ3v) is 5.29. The molecule has 2 saturated heterocycles. The number of anilines is 1. The van der Waals surface area contributed by atoms with Crippen molar-refractivity contribution in [2.24, 2.45) is 0 Å². The van der Waals surface area contributed by atoms with E-state index in [0.717, 1.165) is 31.9 Å². The van der Waals surface area contributed by atoms with E-state index in [4.69, 9.17) is 23.2 Å². The Balaban J connectivity index is 1.64. The highest BCUT2D eigenvalue weighted by Crippen LogP contribution is 2.27. The fraction of sp³-hybridized carbons (Fsp3) is 0.467. The smallest absolute Gasteiger partial charge is 0.287 e. The van der Waals surface area contributed by atoms with E-state index in [1.54, 1.807) is 13.1 Å². The van der Waals surface area contributed by atoms with Gasteiger partial charge in [-0.1, -0.05) is 23.2 Å². The van der Waals surface area contributed by atoms with Crippen LogP contribution in [0.5, 0.6) is 0 Å². The van der Waals surface area contributed by atoms with Crippen LogP contribution in [-0.4, -0.2) is 56.0 Å². The Hall–Kier alpha value is -1.30. The molecule has 5 nitrogen and oxygen atoms in total. The number of imide groups is 1. The summed E-state index contributed by atoms with van der Waals surface area (Å²) in [6.45, 7) is 3.32. The monoisotopic (exact) mass is 342 g/mol. The van der Waals surface area contributed by atoms with Gasteiger partial charge in [0, 0.05) is 12.7 Å². The lowest BCUT2D eigenvalue weighted by molar-refractivity contribution is -0.915. The number of rotatable bonds is 2. The first-order valence-corrected chi connectivity index (χ1v) is 8.08. The zero-order valence-electron chi connectivity index (χ0n) is 12.3. The molecule has 7 heteroatoms. The van der Waals surface area contributed by atoms with Gasteiger partial charge in [0.05, 0.1) is 42.6 Å². The van der Waals surface area contributed by atoms with Crippen LogP contribution in [0.15, 0.2) is 18.2 Å². The fourth-order valence-corrected chi connectivity index (χ4v) is 3.45. The number of hydrogen-bond acceptors (Lipinski definition) is 3. The molecule has 2 fully saturated rings. The molecule has 2 aliphatic rings. The van der Waals surface area contributed by atoms with Crippen molar-refractivity contribution >= 4 is 40.7 Å². The second-order valence-electron chi connectivity index (χ2n) is 5.79. The maximum absolute atomic E-state index is 12.1. The molecule has 1 aromatic carbocycles. The van der Waals surface area contributed by atoms with Gasteiger partial charge in [0.2, 0.25) is 5.91 Å². The Morgan fingerprint density at radius 1 is 1.14 bits per heavy atom. The van der Waals surface area contributed by atoms with Crippen molar-refractivity contribution in [2.45, 2.75) is 12.5 Å². The van der Waals surface area contributed by atoms with E-state index < -0.39 is 0 Å². The Morgan fingerprint density at radius 2 is 1.82 bits per heavy atom. The van der Waals surface area contributed by atoms with Gasteiger partial charge in [-0.15, -0.1) is 0 Å². The molecule has 0 bridgehead atoms. The molecule has 0 spiro atoms. The lowest BCUT2D eigenvalue weighted by Gasteiger charge is -2.35. The molecule has 118 valence electrons. The van der Waals surface area contributed by atoms with E-state index in [1.165, 1.54) is 9.80 Å². The predicted octanol–water partition coefficient (Wildman–Crippen LogP) is 0.456. The molecule has 0 saturated carbocycles. The summed E-state index contributed by atoms with van der Waals surface area (Å²) >= 11 is 12.0. The van der Waals surface area contributed by atoms with Gasteiger partial charge in [0.1, 0.15) is 0 Å². The van der Waals surface area contributed by atoms with Crippen molar-refractivity contribution in [3.8, 4) is 0 Å². The summed E-state index contributed by atoms with van der Waals surface area (Å²) in [4.78, 5) is 28.4. The predicted molar refractivity (Wildman–Crippen MR) is 85.6 cm³/mol. The largest absolute Gasteiger partial charge is 0.360 e. The lowest BCUT2D eigenvalue weighted by Crippen LogP contribution is -3.19. The third kappa shape index (κ3) is 2.81. The highest BCUT2D eigenvalue weighted by atomic mass is 35.5. The lowest BCUT2D eigenvalue weighted by atomic mass is 10.1. The quantitative estimate of drug-likeness (QED) is 0.794. The summed E-state index contributed by atoms with van der Waals surface area (Å²) in [5.74, 6) is -0.127. The maximum atomic E-state index is 12.1. The SMILES string of the molecule is CN1C(=O)C[C@@H]([NH+]2CCN(c3ccc(Cl)c(Cl)c3)CC2)C1=O. The first-order chi connectivity index (χ1) is 10.5.